The molecular weight excluding hydrogens is 330 g/mol. The lowest BCUT2D eigenvalue weighted by molar-refractivity contribution is -0.131. The van der Waals surface area contributed by atoms with Crippen LogP contribution in [0.5, 0.6) is 0 Å². The third-order valence-corrected chi connectivity index (χ3v) is 4.46. The second-order valence-corrected chi connectivity index (χ2v) is 6.17. The zero-order chi connectivity index (χ0) is 18.4. The molecule has 0 radical (unpaired) electrons. The average Bonchev–Trinajstić information content (AvgIpc) is 2.69. The number of rotatable bonds is 5. The maximum Gasteiger partial charge on any atom is 0.225 e. The highest BCUT2D eigenvalue weighted by Crippen LogP contribution is 2.15. The van der Waals surface area contributed by atoms with Crippen LogP contribution in [0.3, 0.4) is 0 Å². The van der Waals surface area contributed by atoms with Gasteiger partial charge in [-0.3, -0.25) is 9.59 Å². The maximum absolute atomic E-state index is 12.5. The van der Waals surface area contributed by atoms with E-state index < -0.39 is 0 Å². The topological polar surface area (TPSA) is 69.6 Å². The Morgan fingerprint density at radius 3 is 2.27 bits per heavy atom. The van der Waals surface area contributed by atoms with Crippen molar-refractivity contribution in [3.05, 3.63) is 48.8 Å². The molecule has 2 amide bonds. The van der Waals surface area contributed by atoms with E-state index in [1.807, 2.05) is 35.2 Å². The standard InChI is InChI=1S/C19H23N5O2/c1-16(25)24(17-6-3-2-4-7-17)11-8-18(26)22-12-14-23(15-13-22)19-20-9-5-10-21-19/h2-7,9-10H,8,11-15H2,1H3. The number of piperazine rings is 1. The summed E-state index contributed by atoms with van der Waals surface area (Å²) in [6.07, 6.45) is 3.76. The number of carbonyl (C=O) groups excluding carboxylic acids is 2. The third kappa shape index (κ3) is 4.36. The van der Waals surface area contributed by atoms with Gasteiger partial charge in [0.25, 0.3) is 0 Å². The zero-order valence-corrected chi connectivity index (χ0v) is 14.9. The Morgan fingerprint density at radius 2 is 1.65 bits per heavy atom. The Kier molecular flexibility index (Phi) is 5.78. The van der Waals surface area contributed by atoms with Gasteiger partial charge in [0.15, 0.2) is 0 Å². The van der Waals surface area contributed by atoms with Gasteiger partial charge in [0, 0.05) is 64.1 Å². The van der Waals surface area contributed by atoms with Gasteiger partial charge in [-0.25, -0.2) is 9.97 Å². The largest absolute Gasteiger partial charge is 0.339 e. The molecule has 1 aromatic carbocycles. The molecular formula is C19H23N5O2. The van der Waals surface area contributed by atoms with Gasteiger partial charge in [0.05, 0.1) is 0 Å². The summed E-state index contributed by atoms with van der Waals surface area (Å²) in [5.74, 6) is 0.710. The van der Waals surface area contributed by atoms with Crippen LogP contribution in [0.1, 0.15) is 13.3 Å². The lowest BCUT2D eigenvalue weighted by atomic mass is 10.2. The van der Waals surface area contributed by atoms with E-state index in [0.29, 0.717) is 45.1 Å². The van der Waals surface area contributed by atoms with Gasteiger partial charge in [-0.1, -0.05) is 18.2 Å². The number of amides is 2. The van der Waals surface area contributed by atoms with Crippen molar-refractivity contribution < 1.29 is 9.59 Å². The van der Waals surface area contributed by atoms with Crippen molar-refractivity contribution in [2.45, 2.75) is 13.3 Å². The number of para-hydroxylation sites is 1. The molecule has 7 heteroatoms. The number of carbonyl (C=O) groups is 2. The quantitative estimate of drug-likeness (QED) is 0.816. The van der Waals surface area contributed by atoms with Crippen LogP contribution in [0.15, 0.2) is 48.8 Å². The molecule has 0 aliphatic carbocycles. The highest BCUT2D eigenvalue weighted by atomic mass is 16.2. The normalized spacial score (nSPS) is 14.2. The van der Waals surface area contributed by atoms with Gasteiger partial charge in [0.1, 0.15) is 0 Å². The Morgan fingerprint density at radius 1 is 1.00 bits per heavy atom. The molecule has 0 spiro atoms. The second-order valence-electron chi connectivity index (χ2n) is 6.17. The van der Waals surface area contributed by atoms with Gasteiger partial charge in [-0.05, 0) is 18.2 Å². The van der Waals surface area contributed by atoms with E-state index >= 15 is 0 Å². The second kappa shape index (κ2) is 8.42. The first-order chi connectivity index (χ1) is 12.6. The Balaban J connectivity index is 1.52. The fraction of sp³-hybridized carbons (Fsp3) is 0.368. The van der Waals surface area contributed by atoms with Crippen LogP contribution >= 0.6 is 0 Å². The van der Waals surface area contributed by atoms with E-state index in [-0.39, 0.29) is 11.8 Å². The molecule has 1 saturated heterocycles. The molecule has 1 aliphatic rings. The fourth-order valence-corrected chi connectivity index (χ4v) is 3.05. The molecule has 1 fully saturated rings. The summed E-state index contributed by atoms with van der Waals surface area (Å²) in [6, 6.07) is 11.2. The van der Waals surface area contributed by atoms with E-state index in [1.54, 1.807) is 23.4 Å². The summed E-state index contributed by atoms with van der Waals surface area (Å²) in [5, 5.41) is 0. The van der Waals surface area contributed by atoms with Crippen LogP contribution in [0.25, 0.3) is 0 Å². The number of anilines is 2. The van der Waals surface area contributed by atoms with Gasteiger partial charge < -0.3 is 14.7 Å². The van der Waals surface area contributed by atoms with Crippen molar-refractivity contribution in [2.24, 2.45) is 0 Å². The van der Waals surface area contributed by atoms with E-state index in [1.165, 1.54) is 6.92 Å². The maximum atomic E-state index is 12.5. The molecule has 0 unspecified atom stereocenters. The summed E-state index contributed by atoms with van der Waals surface area (Å²) in [5.41, 5.74) is 0.818. The van der Waals surface area contributed by atoms with Crippen LogP contribution in [-0.4, -0.2) is 59.4 Å². The van der Waals surface area contributed by atoms with Crippen molar-refractivity contribution in [3.63, 3.8) is 0 Å². The van der Waals surface area contributed by atoms with Crippen molar-refractivity contribution in [1.29, 1.82) is 0 Å². The van der Waals surface area contributed by atoms with Gasteiger partial charge in [-0.2, -0.15) is 0 Å². The number of nitrogens with zero attached hydrogens (tertiary/aromatic N) is 5. The minimum atomic E-state index is -0.0601. The summed E-state index contributed by atoms with van der Waals surface area (Å²) < 4.78 is 0. The molecule has 26 heavy (non-hydrogen) atoms. The van der Waals surface area contributed by atoms with Crippen molar-refractivity contribution in [2.75, 3.05) is 42.5 Å². The van der Waals surface area contributed by atoms with Crippen molar-refractivity contribution >= 4 is 23.5 Å². The van der Waals surface area contributed by atoms with Crippen LogP contribution in [0.4, 0.5) is 11.6 Å². The lowest BCUT2D eigenvalue weighted by Crippen LogP contribution is -2.49. The summed E-state index contributed by atoms with van der Waals surface area (Å²) in [6.45, 7) is 4.62. The minimum absolute atomic E-state index is 0.0601. The molecule has 0 N–H and O–H groups in total. The summed E-state index contributed by atoms with van der Waals surface area (Å²) in [7, 11) is 0. The Hall–Kier alpha value is -2.96. The number of aromatic nitrogens is 2. The Labute approximate surface area is 153 Å². The lowest BCUT2D eigenvalue weighted by Gasteiger charge is -2.35. The van der Waals surface area contributed by atoms with Crippen LogP contribution in [0, 0.1) is 0 Å². The molecule has 136 valence electrons. The highest BCUT2D eigenvalue weighted by Gasteiger charge is 2.23. The number of hydrogen-bond donors (Lipinski definition) is 0. The SMILES string of the molecule is CC(=O)N(CCC(=O)N1CCN(c2ncccn2)CC1)c1ccccc1. The average molecular weight is 353 g/mol. The monoisotopic (exact) mass is 353 g/mol. The molecule has 1 aliphatic heterocycles. The molecule has 0 saturated carbocycles. The molecule has 0 atom stereocenters. The van der Waals surface area contributed by atoms with Gasteiger partial charge in [0.2, 0.25) is 17.8 Å². The van der Waals surface area contributed by atoms with E-state index in [0.717, 1.165) is 5.69 Å². The first-order valence-corrected chi connectivity index (χ1v) is 8.78. The van der Waals surface area contributed by atoms with Crippen LogP contribution in [-0.2, 0) is 9.59 Å². The van der Waals surface area contributed by atoms with Crippen LogP contribution in [0.2, 0.25) is 0 Å². The predicted octanol–water partition coefficient (Wildman–Crippen LogP) is 1.57. The fourth-order valence-electron chi connectivity index (χ4n) is 3.05. The highest BCUT2D eigenvalue weighted by molar-refractivity contribution is 5.92. The molecule has 0 bridgehead atoms. The van der Waals surface area contributed by atoms with E-state index in [9.17, 15) is 9.59 Å². The summed E-state index contributed by atoms with van der Waals surface area (Å²) >= 11 is 0. The first kappa shape index (κ1) is 17.8. The molecule has 2 aromatic rings. The van der Waals surface area contributed by atoms with Gasteiger partial charge in [-0.15, -0.1) is 0 Å². The van der Waals surface area contributed by atoms with Crippen molar-refractivity contribution in [3.8, 4) is 0 Å². The Bertz CT molecular complexity index is 730. The first-order valence-electron chi connectivity index (χ1n) is 8.78. The predicted molar refractivity (Wildman–Crippen MR) is 99.9 cm³/mol. The zero-order valence-electron chi connectivity index (χ0n) is 14.9. The van der Waals surface area contributed by atoms with E-state index in [4.69, 9.17) is 0 Å². The molecule has 7 nitrogen and oxygen atoms in total. The van der Waals surface area contributed by atoms with Crippen LogP contribution < -0.4 is 9.80 Å². The molecule has 1 aromatic heterocycles. The van der Waals surface area contributed by atoms with Crippen molar-refractivity contribution in [1.82, 2.24) is 14.9 Å². The molecule has 2 heterocycles. The summed E-state index contributed by atoms with van der Waals surface area (Å²) in [4.78, 5) is 38.5. The molecule has 3 rings (SSSR count). The number of benzene rings is 1. The van der Waals surface area contributed by atoms with Gasteiger partial charge >= 0.3 is 0 Å². The smallest absolute Gasteiger partial charge is 0.225 e. The third-order valence-electron chi connectivity index (χ3n) is 4.46. The van der Waals surface area contributed by atoms with E-state index in [2.05, 4.69) is 14.9 Å². The minimum Gasteiger partial charge on any atom is -0.339 e. The number of hydrogen-bond acceptors (Lipinski definition) is 5.